The first kappa shape index (κ1) is 12.2. The number of benzene rings is 1. The van der Waals surface area contributed by atoms with Crippen molar-refractivity contribution in [2.75, 3.05) is 26.8 Å². The van der Waals surface area contributed by atoms with Crippen molar-refractivity contribution >= 4 is 0 Å². The second-order valence-corrected chi connectivity index (χ2v) is 4.45. The summed E-state index contributed by atoms with van der Waals surface area (Å²) in [7, 11) is 1.67. The molecule has 1 aliphatic rings. The van der Waals surface area contributed by atoms with Crippen molar-refractivity contribution < 1.29 is 9.47 Å². The van der Waals surface area contributed by atoms with Gasteiger partial charge in [-0.3, -0.25) is 0 Å². The zero-order valence-corrected chi connectivity index (χ0v) is 10.8. The lowest BCUT2D eigenvalue weighted by Gasteiger charge is -2.21. The number of hydrogen-bond donors (Lipinski definition) is 2. The van der Waals surface area contributed by atoms with Crippen molar-refractivity contribution in [1.82, 2.24) is 15.3 Å². The van der Waals surface area contributed by atoms with E-state index >= 15 is 0 Å². The normalized spacial score (nSPS) is 19.3. The first-order valence-electron chi connectivity index (χ1n) is 6.39. The molecule has 1 aliphatic heterocycles. The minimum absolute atomic E-state index is 0.00259. The molecule has 3 rings (SSSR count). The summed E-state index contributed by atoms with van der Waals surface area (Å²) in [5.41, 5.74) is 1.95. The van der Waals surface area contributed by atoms with Crippen LogP contribution < -0.4 is 10.1 Å². The Kier molecular flexibility index (Phi) is 3.48. The summed E-state index contributed by atoms with van der Waals surface area (Å²) in [6.07, 6.45) is 1.82. The van der Waals surface area contributed by atoms with Crippen LogP contribution in [-0.2, 0) is 4.74 Å². The van der Waals surface area contributed by atoms with Gasteiger partial charge in [0.05, 0.1) is 25.6 Å². The average molecular weight is 259 g/mol. The third-order valence-electron chi connectivity index (χ3n) is 3.23. The van der Waals surface area contributed by atoms with E-state index in [0.29, 0.717) is 0 Å². The van der Waals surface area contributed by atoms with Crippen molar-refractivity contribution in [2.24, 2.45) is 0 Å². The first-order chi connectivity index (χ1) is 9.38. The van der Waals surface area contributed by atoms with E-state index in [9.17, 15) is 0 Å². The summed E-state index contributed by atoms with van der Waals surface area (Å²) >= 11 is 0. The van der Waals surface area contributed by atoms with Crippen LogP contribution in [0.5, 0.6) is 5.75 Å². The molecule has 19 heavy (non-hydrogen) atoms. The van der Waals surface area contributed by atoms with E-state index in [4.69, 9.17) is 9.47 Å². The van der Waals surface area contributed by atoms with E-state index in [0.717, 1.165) is 42.5 Å². The van der Waals surface area contributed by atoms with Crippen molar-refractivity contribution in [3.8, 4) is 17.0 Å². The summed E-state index contributed by atoms with van der Waals surface area (Å²) < 4.78 is 11.0. The lowest BCUT2D eigenvalue weighted by molar-refractivity contribution is 0.0227. The van der Waals surface area contributed by atoms with Crippen LogP contribution in [0.4, 0.5) is 0 Å². The van der Waals surface area contributed by atoms with Gasteiger partial charge in [-0.2, -0.15) is 0 Å². The number of methoxy groups -OCH3 is 1. The Bertz CT molecular complexity index is 547. The van der Waals surface area contributed by atoms with E-state index in [-0.39, 0.29) is 6.10 Å². The Morgan fingerprint density at radius 1 is 1.37 bits per heavy atom. The molecule has 2 N–H and O–H groups in total. The van der Waals surface area contributed by atoms with Gasteiger partial charge in [0.2, 0.25) is 0 Å². The molecule has 5 heteroatoms. The minimum atomic E-state index is -0.00259. The quantitative estimate of drug-likeness (QED) is 0.881. The van der Waals surface area contributed by atoms with Gasteiger partial charge in [-0.25, -0.2) is 4.98 Å². The molecule has 1 aromatic carbocycles. The Labute approximate surface area is 112 Å². The molecule has 0 amide bonds. The molecule has 1 aromatic heterocycles. The van der Waals surface area contributed by atoms with Crippen LogP contribution in [0, 0.1) is 0 Å². The number of morpholine rings is 1. The second kappa shape index (κ2) is 5.42. The number of aromatic amines is 1. The van der Waals surface area contributed by atoms with Gasteiger partial charge in [-0.1, -0.05) is 12.1 Å². The number of para-hydroxylation sites is 1. The number of nitrogens with one attached hydrogen (secondary N) is 2. The predicted octanol–water partition coefficient (Wildman–Crippen LogP) is 1.75. The van der Waals surface area contributed by atoms with Crippen LogP contribution in [0.3, 0.4) is 0 Å². The third kappa shape index (κ3) is 2.47. The molecule has 1 saturated heterocycles. The number of hydrogen-bond acceptors (Lipinski definition) is 4. The predicted molar refractivity (Wildman–Crippen MR) is 72.1 cm³/mol. The highest BCUT2D eigenvalue weighted by molar-refractivity contribution is 5.66. The molecule has 5 nitrogen and oxygen atoms in total. The zero-order valence-electron chi connectivity index (χ0n) is 10.8. The van der Waals surface area contributed by atoms with Crippen molar-refractivity contribution in [3.05, 3.63) is 36.3 Å². The monoisotopic (exact) mass is 259 g/mol. The van der Waals surface area contributed by atoms with Crippen LogP contribution in [0.25, 0.3) is 11.3 Å². The van der Waals surface area contributed by atoms with Gasteiger partial charge >= 0.3 is 0 Å². The maximum atomic E-state index is 5.68. The number of nitrogens with zero attached hydrogens (tertiary/aromatic N) is 1. The van der Waals surface area contributed by atoms with Gasteiger partial charge in [-0.15, -0.1) is 0 Å². The fraction of sp³-hybridized carbons (Fsp3) is 0.357. The summed E-state index contributed by atoms with van der Waals surface area (Å²) in [6, 6.07) is 7.88. The van der Waals surface area contributed by atoms with Crippen molar-refractivity contribution in [1.29, 1.82) is 0 Å². The highest BCUT2D eigenvalue weighted by Gasteiger charge is 2.19. The fourth-order valence-corrected chi connectivity index (χ4v) is 2.25. The molecule has 1 unspecified atom stereocenters. The summed E-state index contributed by atoms with van der Waals surface area (Å²) in [5.74, 6) is 1.69. The minimum Gasteiger partial charge on any atom is -0.496 e. The van der Waals surface area contributed by atoms with Crippen molar-refractivity contribution in [2.45, 2.75) is 6.10 Å². The zero-order chi connectivity index (χ0) is 13.1. The number of imidazole rings is 1. The standard InChI is InChI=1S/C14H17N3O2/c1-18-12-5-3-2-4-10(12)11-8-16-14(17-11)13-9-15-6-7-19-13/h2-5,8,13,15H,6-7,9H2,1H3,(H,16,17). The Morgan fingerprint density at radius 3 is 3.05 bits per heavy atom. The van der Waals surface area contributed by atoms with Gasteiger partial charge in [-0.05, 0) is 12.1 Å². The Morgan fingerprint density at radius 2 is 2.26 bits per heavy atom. The number of aromatic nitrogens is 2. The molecular weight excluding hydrogens is 242 g/mol. The van der Waals surface area contributed by atoms with Gasteiger partial charge in [0, 0.05) is 18.7 Å². The topological polar surface area (TPSA) is 59.2 Å². The van der Waals surface area contributed by atoms with E-state index < -0.39 is 0 Å². The SMILES string of the molecule is COc1ccccc1-c1cnc(C2CNCCO2)[nH]1. The van der Waals surface area contributed by atoms with E-state index in [1.165, 1.54) is 0 Å². The highest BCUT2D eigenvalue weighted by Crippen LogP contribution is 2.29. The third-order valence-corrected chi connectivity index (χ3v) is 3.23. The molecular formula is C14H17N3O2. The molecule has 2 aromatic rings. The van der Waals surface area contributed by atoms with Crippen molar-refractivity contribution in [3.63, 3.8) is 0 Å². The maximum absolute atomic E-state index is 5.68. The molecule has 1 atom stereocenters. The molecule has 0 aliphatic carbocycles. The van der Waals surface area contributed by atoms with Gasteiger partial charge < -0.3 is 19.8 Å². The van der Waals surface area contributed by atoms with Gasteiger partial charge in [0.1, 0.15) is 17.7 Å². The first-order valence-corrected chi connectivity index (χ1v) is 6.39. The Balaban J connectivity index is 1.88. The molecule has 0 radical (unpaired) electrons. The largest absolute Gasteiger partial charge is 0.496 e. The number of H-pyrrole nitrogens is 1. The molecule has 1 fully saturated rings. The summed E-state index contributed by atoms with van der Waals surface area (Å²) in [4.78, 5) is 7.73. The molecule has 0 saturated carbocycles. The molecule has 0 bridgehead atoms. The number of rotatable bonds is 3. The van der Waals surface area contributed by atoms with E-state index in [1.54, 1.807) is 7.11 Å². The van der Waals surface area contributed by atoms with E-state index in [2.05, 4.69) is 15.3 Å². The van der Waals surface area contributed by atoms with Gasteiger partial charge in [0.15, 0.2) is 0 Å². The lowest BCUT2D eigenvalue weighted by atomic mass is 10.1. The van der Waals surface area contributed by atoms with Crippen LogP contribution in [0.1, 0.15) is 11.9 Å². The molecule has 0 spiro atoms. The van der Waals surface area contributed by atoms with Crippen LogP contribution in [-0.4, -0.2) is 36.8 Å². The van der Waals surface area contributed by atoms with Crippen LogP contribution in [0.2, 0.25) is 0 Å². The molecule has 2 heterocycles. The number of ether oxygens (including phenoxy) is 2. The summed E-state index contributed by atoms with van der Waals surface area (Å²) in [6.45, 7) is 2.41. The molecule has 100 valence electrons. The Hall–Kier alpha value is -1.85. The summed E-state index contributed by atoms with van der Waals surface area (Å²) in [5, 5.41) is 3.30. The fourth-order valence-electron chi connectivity index (χ4n) is 2.25. The van der Waals surface area contributed by atoms with Crippen LogP contribution in [0.15, 0.2) is 30.5 Å². The smallest absolute Gasteiger partial charge is 0.137 e. The van der Waals surface area contributed by atoms with Gasteiger partial charge in [0.25, 0.3) is 0 Å². The lowest BCUT2D eigenvalue weighted by Crippen LogP contribution is -2.33. The van der Waals surface area contributed by atoms with Crippen LogP contribution >= 0.6 is 0 Å². The van der Waals surface area contributed by atoms with E-state index in [1.807, 2.05) is 30.5 Å². The highest BCUT2D eigenvalue weighted by atomic mass is 16.5. The second-order valence-electron chi connectivity index (χ2n) is 4.45. The maximum Gasteiger partial charge on any atom is 0.137 e. The average Bonchev–Trinajstić information content (AvgIpc) is 2.98.